The van der Waals surface area contributed by atoms with Crippen molar-refractivity contribution >= 4 is 11.6 Å². The number of halogens is 3. The predicted molar refractivity (Wildman–Crippen MR) is 85.2 cm³/mol. The minimum absolute atomic E-state index is 0.159. The lowest BCUT2D eigenvalue weighted by atomic mass is 10.1. The van der Waals surface area contributed by atoms with Crippen LogP contribution < -0.4 is 5.32 Å². The van der Waals surface area contributed by atoms with Gasteiger partial charge in [0.25, 0.3) is 5.91 Å². The third-order valence-electron chi connectivity index (χ3n) is 3.70. The number of hydrogen-bond acceptors (Lipinski definition) is 4. The average Bonchev–Trinajstić information content (AvgIpc) is 3.04. The van der Waals surface area contributed by atoms with Gasteiger partial charge in [-0.05, 0) is 30.3 Å². The van der Waals surface area contributed by atoms with Crippen molar-refractivity contribution < 1.29 is 18.0 Å². The summed E-state index contributed by atoms with van der Waals surface area (Å²) in [6.07, 6.45) is -2.88. The van der Waals surface area contributed by atoms with E-state index in [0.717, 1.165) is 6.07 Å². The Morgan fingerprint density at radius 1 is 1.23 bits per heavy atom. The van der Waals surface area contributed by atoms with Gasteiger partial charge in [0.1, 0.15) is 11.4 Å². The molecule has 0 aliphatic rings. The fourth-order valence-corrected chi connectivity index (χ4v) is 2.48. The van der Waals surface area contributed by atoms with Crippen LogP contribution in [-0.2, 0) is 12.6 Å². The largest absolute Gasteiger partial charge is 0.420 e. The topological polar surface area (TPSA) is 83.1 Å². The Labute approximate surface area is 145 Å². The summed E-state index contributed by atoms with van der Waals surface area (Å²) in [7, 11) is 0. The van der Waals surface area contributed by atoms with Crippen LogP contribution >= 0.6 is 0 Å². The fraction of sp³-hybridized carbons (Fsp3) is 0.176. The highest BCUT2D eigenvalue weighted by molar-refractivity contribution is 5.94. The molecule has 0 unspecified atom stereocenters. The molecule has 0 spiro atoms. The van der Waals surface area contributed by atoms with Crippen LogP contribution in [0.25, 0.3) is 5.65 Å². The van der Waals surface area contributed by atoms with E-state index in [0.29, 0.717) is 17.0 Å². The number of carbonyl (C=O) groups excluding carboxylic acids is 1. The van der Waals surface area contributed by atoms with Crippen molar-refractivity contribution in [2.45, 2.75) is 12.6 Å². The van der Waals surface area contributed by atoms with E-state index in [9.17, 15) is 18.0 Å². The number of hydrogen-bond donors (Lipinski definition) is 1. The lowest BCUT2D eigenvalue weighted by Gasteiger charge is -2.08. The van der Waals surface area contributed by atoms with E-state index < -0.39 is 11.7 Å². The molecule has 0 aliphatic carbocycles. The van der Waals surface area contributed by atoms with Crippen LogP contribution in [0.15, 0.2) is 42.6 Å². The van der Waals surface area contributed by atoms with Crippen molar-refractivity contribution in [3.05, 3.63) is 65.1 Å². The van der Waals surface area contributed by atoms with Crippen molar-refractivity contribution in [3.63, 3.8) is 0 Å². The van der Waals surface area contributed by atoms with Crippen LogP contribution in [0.3, 0.4) is 0 Å². The van der Waals surface area contributed by atoms with Crippen LogP contribution in [0.2, 0.25) is 0 Å². The van der Waals surface area contributed by atoms with Gasteiger partial charge in [0.2, 0.25) is 0 Å². The van der Waals surface area contributed by atoms with Gasteiger partial charge in [0.05, 0.1) is 11.6 Å². The maximum absolute atomic E-state index is 13.0. The van der Waals surface area contributed by atoms with Gasteiger partial charge in [-0.15, -0.1) is 10.2 Å². The zero-order chi connectivity index (χ0) is 18.7. The van der Waals surface area contributed by atoms with Gasteiger partial charge in [-0.2, -0.15) is 18.4 Å². The molecule has 26 heavy (non-hydrogen) atoms. The molecule has 0 radical (unpaired) electrons. The zero-order valence-electron chi connectivity index (χ0n) is 13.3. The molecule has 1 N–H and O–H groups in total. The van der Waals surface area contributed by atoms with Gasteiger partial charge >= 0.3 is 6.18 Å². The monoisotopic (exact) mass is 359 g/mol. The van der Waals surface area contributed by atoms with E-state index in [4.69, 9.17) is 5.26 Å². The molecule has 0 atom stereocenters. The molecular formula is C17H12F3N5O. The summed E-state index contributed by atoms with van der Waals surface area (Å²) in [5.74, 6) is -0.0796. The summed E-state index contributed by atoms with van der Waals surface area (Å²) < 4.78 is 40.2. The highest BCUT2D eigenvalue weighted by Gasteiger charge is 2.34. The number of nitrogens with one attached hydrogen (secondary N) is 1. The first-order valence-electron chi connectivity index (χ1n) is 7.58. The molecule has 3 aromatic rings. The van der Waals surface area contributed by atoms with Crippen LogP contribution in [0.5, 0.6) is 0 Å². The van der Waals surface area contributed by atoms with E-state index in [1.54, 1.807) is 18.2 Å². The maximum Gasteiger partial charge on any atom is 0.420 e. The number of aromatic nitrogens is 3. The molecule has 9 heteroatoms. The van der Waals surface area contributed by atoms with Crippen molar-refractivity contribution in [3.8, 4) is 6.07 Å². The van der Waals surface area contributed by atoms with E-state index in [2.05, 4.69) is 15.5 Å². The quantitative estimate of drug-likeness (QED) is 0.776. The molecule has 2 aromatic heterocycles. The molecule has 0 bridgehead atoms. The number of nitrogens with zero attached hydrogens (tertiary/aromatic N) is 4. The second-order valence-corrected chi connectivity index (χ2v) is 5.43. The normalized spacial score (nSPS) is 11.3. The number of fused-ring (bicyclic) bond motifs is 1. The van der Waals surface area contributed by atoms with Gasteiger partial charge in [-0.1, -0.05) is 6.07 Å². The first-order chi connectivity index (χ1) is 12.4. The van der Waals surface area contributed by atoms with E-state index in [1.165, 1.54) is 22.7 Å². The van der Waals surface area contributed by atoms with Crippen molar-refractivity contribution in [2.75, 3.05) is 6.54 Å². The Balaban J connectivity index is 1.71. The smallest absolute Gasteiger partial charge is 0.352 e. The van der Waals surface area contributed by atoms with Gasteiger partial charge in [-0.3, -0.25) is 9.20 Å². The Morgan fingerprint density at radius 2 is 2.04 bits per heavy atom. The summed E-state index contributed by atoms with van der Waals surface area (Å²) in [6, 6.07) is 10.4. The van der Waals surface area contributed by atoms with E-state index in [-0.39, 0.29) is 24.5 Å². The minimum Gasteiger partial charge on any atom is -0.352 e. The van der Waals surface area contributed by atoms with E-state index >= 15 is 0 Å². The van der Waals surface area contributed by atoms with Gasteiger partial charge in [0, 0.05) is 24.7 Å². The molecule has 132 valence electrons. The Morgan fingerprint density at radius 3 is 2.77 bits per heavy atom. The number of amides is 1. The molecule has 0 aliphatic heterocycles. The number of pyridine rings is 1. The predicted octanol–water partition coefficient (Wildman–Crippen LogP) is 2.59. The lowest BCUT2D eigenvalue weighted by molar-refractivity contribution is -0.136. The molecule has 0 fully saturated rings. The number of rotatable bonds is 4. The van der Waals surface area contributed by atoms with Gasteiger partial charge < -0.3 is 5.32 Å². The third kappa shape index (κ3) is 3.49. The van der Waals surface area contributed by atoms with Crippen LogP contribution in [0.4, 0.5) is 13.2 Å². The number of nitriles is 1. The van der Waals surface area contributed by atoms with Crippen LogP contribution in [0.1, 0.15) is 27.3 Å². The Hall–Kier alpha value is -3.41. The fourth-order valence-electron chi connectivity index (χ4n) is 2.48. The SMILES string of the molecule is N#Cc1cccc(C(=O)NCCc2nnc3c(C(F)(F)F)cccn23)c1. The average molecular weight is 359 g/mol. The summed E-state index contributed by atoms with van der Waals surface area (Å²) in [6.45, 7) is 0.159. The summed E-state index contributed by atoms with van der Waals surface area (Å²) in [5.41, 5.74) is -0.450. The molecular weight excluding hydrogens is 347 g/mol. The summed E-state index contributed by atoms with van der Waals surface area (Å²) >= 11 is 0. The first-order valence-corrected chi connectivity index (χ1v) is 7.58. The molecule has 1 aromatic carbocycles. The molecule has 0 saturated carbocycles. The number of alkyl halides is 3. The van der Waals surface area contributed by atoms with Crippen molar-refractivity contribution in [1.82, 2.24) is 19.9 Å². The number of carbonyl (C=O) groups is 1. The summed E-state index contributed by atoms with van der Waals surface area (Å²) in [5, 5.41) is 18.9. The standard InChI is InChI=1S/C17H12F3N5O/c18-17(19,20)13-5-2-8-25-14(23-24-15(13)25)6-7-22-16(26)12-4-1-3-11(9-12)10-21/h1-5,8-9H,6-7H2,(H,22,26). The first kappa shape index (κ1) is 17.4. The van der Waals surface area contributed by atoms with Gasteiger partial charge in [-0.25, -0.2) is 0 Å². The third-order valence-corrected chi connectivity index (χ3v) is 3.70. The molecule has 6 nitrogen and oxygen atoms in total. The zero-order valence-corrected chi connectivity index (χ0v) is 13.3. The van der Waals surface area contributed by atoms with Gasteiger partial charge in [0.15, 0.2) is 5.65 Å². The molecule has 0 saturated heterocycles. The van der Waals surface area contributed by atoms with Crippen LogP contribution in [-0.4, -0.2) is 27.0 Å². The molecule has 2 heterocycles. The lowest BCUT2D eigenvalue weighted by Crippen LogP contribution is -2.26. The van der Waals surface area contributed by atoms with Crippen molar-refractivity contribution in [2.24, 2.45) is 0 Å². The minimum atomic E-state index is -4.52. The van der Waals surface area contributed by atoms with E-state index in [1.807, 2.05) is 6.07 Å². The highest BCUT2D eigenvalue weighted by Crippen LogP contribution is 2.31. The van der Waals surface area contributed by atoms with Crippen molar-refractivity contribution in [1.29, 1.82) is 5.26 Å². The maximum atomic E-state index is 13.0. The second-order valence-electron chi connectivity index (χ2n) is 5.43. The number of benzene rings is 1. The molecule has 1 amide bonds. The Kier molecular flexibility index (Phi) is 4.58. The van der Waals surface area contributed by atoms with Crippen LogP contribution in [0, 0.1) is 11.3 Å². The molecule has 3 rings (SSSR count). The Bertz CT molecular complexity index is 1000. The summed E-state index contributed by atoms with van der Waals surface area (Å²) in [4.78, 5) is 12.1. The second kappa shape index (κ2) is 6.84. The highest BCUT2D eigenvalue weighted by atomic mass is 19.4.